The molecular formula is C6H13N2O. The lowest BCUT2D eigenvalue weighted by atomic mass is 10.3. The first kappa shape index (κ1) is 6.99. The van der Waals surface area contributed by atoms with Gasteiger partial charge in [0.25, 0.3) is 0 Å². The molecule has 1 unspecified atom stereocenters. The molecule has 0 bridgehead atoms. The van der Waals surface area contributed by atoms with E-state index in [1.54, 1.807) is 0 Å². The highest BCUT2D eigenvalue weighted by Gasteiger charge is 2.15. The summed E-state index contributed by atoms with van der Waals surface area (Å²) in [5.74, 6) is 0. The fourth-order valence-electron chi connectivity index (χ4n) is 0.925. The maximum Gasteiger partial charge on any atom is 0.113 e. The van der Waals surface area contributed by atoms with E-state index in [9.17, 15) is 0 Å². The van der Waals surface area contributed by atoms with E-state index in [1.165, 1.54) is 0 Å². The van der Waals surface area contributed by atoms with Gasteiger partial charge in [0.15, 0.2) is 0 Å². The summed E-state index contributed by atoms with van der Waals surface area (Å²) in [7, 11) is 4.09. The first-order valence-corrected chi connectivity index (χ1v) is 3.18. The number of nitrogens with zero attached hydrogens (tertiary/aromatic N) is 2. The molecule has 0 aromatic carbocycles. The molecule has 1 atom stereocenters. The van der Waals surface area contributed by atoms with Crippen molar-refractivity contribution in [2.75, 3.05) is 33.9 Å². The molecule has 3 heteroatoms. The standard InChI is InChI=1S/C6H13N2O/c1-8(2)4-6-3-7-5-9-6/h6H,3-5H2,1-2H3. The van der Waals surface area contributed by atoms with Crippen molar-refractivity contribution in [2.45, 2.75) is 6.10 Å². The fraction of sp³-hybridized carbons (Fsp3) is 1.00. The van der Waals surface area contributed by atoms with Gasteiger partial charge in [0, 0.05) is 13.1 Å². The minimum Gasteiger partial charge on any atom is -0.359 e. The molecular weight excluding hydrogens is 116 g/mol. The van der Waals surface area contributed by atoms with Crippen molar-refractivity contribution in [1.29, 1.82) is 0 Å². The SMILES string of the molecule is CN(C)CC1C[N]CO1. The molecule has 0 N–H and O–H groups in total. The van der Waals surface area contributed by atoms with Crippen LogP contribution < -0.4 is 5.32 Å². The highest BCUT2D eigenvalue weighted by Crippen LogP contribution is 1.98. The Bertz CT molecular complexity index is 79.1. The maximum atomic E-state index is 5.26. The van der Waals surface area contributed by atoms with E-state index < -0.39 is 0 Å². The normalized spacial score (nSPS) is 27.7. The van der Waals surface area contributed by atoms with Crippen LogP contribution in [0.1, 0.15) is 0 Å². The number of rotatable bonds is 2. The average molecular weight is 129 g/mol. The third-order valence-electron chi connectivity index (χ3n) is 1.30. The summed E-state index contributed by atoms with van der Waals surface area (Å²) in [6, 6.07) is 0. The molecule has 0 spiro atoms. The van der Waals surface area contributed by atoms with Crippen molar-refractivity contribution < 1.29 is 4.74 Å². The zero-order valence-corrected chi connectivity index (χ0v) is 6.00. The summed E-state index contributed by atoms with van der Waals surface area (Å²) >= 11 is 0. The molecule has 1 heterocycles. The molecule has 1 aliphatic heterocycles. The van der Waals surface area contributed by atoms with Crippen LogP contribution in [0.2, 0.25) is 0 Å². The predicted molar refractivity (Wildman–Crippen MR) is 35.3 cm³/mol. The Balaban J connectivity index is 2.11. The van der Waals surface area contributed by atoms with Crippen LogP contribution in [-0.4, -0.2) is 44.9 Å². The first-order chi connectivity index (χ1) is 4.29. The van der Waals surface area contributed by atoms with Crippen LogP contribution in [0.25, 0.3) is 0 Å². The number of hydrogen-bond acceptors (Lipinski definition) is 2. The molecule has 1 fully saturated rings. The van der Waals surface area contributed by atoms with Crippen molar-refractivity contribution >= 4 is 0 Å². The maximum absolute atomic E-state index is 5.26. The lowest BCUT2D eigenvalue weighted by molar-refractivity contribution is 0.0907. The average Bonchev–Trinajstić information content (AvgIpc) is 2.15. The molecule has 1 aliphatic rings. The topological polar surface area (TPSA) is 26.6 Å². The molecule has 0 amide bonds. The van der Waals surface area contributed by atoms with Gasteiger partial charge in [0.1, 0.15) is 6.73 Å². The van der Waals surface area contributed by atoms with Gasteiger partial charge in [-0.1, -0.05) is 0 Å². The lowest BCUT2D eigenvalue weighted by Gasteiger charge is -2.13. The number of ether oxygens (including phenoxy) is 1. The van der Waals surface area contributed by atoms with Gasteiger partial charge >= 0.3 is 0 Å². The Morgan fingerprint density at radius 2 is 2.44 bits per heavy atom. The van der Waals surface area contributed by atoms with E-state index in [0.29, 0.717) is 12.8 Å². The van der Waals surface area contributed by atoms with Gasteiger partial charge in [-0.2, -0.15) is 0 Å². The summed E-state index contributed by atoms with van der Waals surface area (Å²) < 4.78 is 5.26. The number of hydrogen-bond donors (Lipinski definition) is 0. The van der Waals surface area contributed by atoms with E-state index in [0.717, 1.165) is 13.1 Å². The first-order valence-electron chi connectivity index (χ1n) is 3.18. The minimum atomic E-state index is 0.347. The Morgan fingerprint density at radius 3 is 2.89 bits per heavy atom. The van der Waals surface area contributed by atoms with Crippen LogP contribution in [-0.2, 0) is 4.74 Å². The molecule has 0 aliphatic carbocycles. The van der Waals surface area contributed by atoms with Gasteiger partial charge in [-0.15, -0.1) is 0 Å². The van der Waals surface area contributed by atoms with Crippen LogP contribution in [0.4, 0.5) is 0 Å². The van der Waals surface area contributed by atoms with E-state index in [1.807, 2.05) is 14.1 Å². The molecule has 0 aromatic rings. The third kappa shape index (κ3) is 2.30. The molecule has 53 valence electrons. The largest absolute Gasteiger partial charge is 0.359 e. The zero-order valence-electron chi connectivity index (χ0n) is 6.00. The number of likely N-dealkylation sites (N-methyl/N-ethyl adjacent to an activating group) is 1. The molecule has 9 heavy (non-hydrogen) atoms. The van der Waals surface area contributed by atoms with E-state index >= 15 is 0 Å². The lowest BCUT2D eigenvalue weighted by Crippen LogP contribution is -2.27. The Kier molecular flexibility index (Phi) is 2.45. The Hall–Kier alpha value is -0.120. The predicted octanol–water partition coefficient (Wildman–Crippen LogP) is -0.491. The van der Waals surface area contributed by atoms with Crippen molar-refractivity contribution in [2.24, 2.45) is 0 Å². The molecule has 0 saturated carbocycles. The van der Waals surface area contributed by atoms with Gasteiger partial charge in [0.2, 0.25) is 0 Å². The van der Waals surface area contributed by atoms with Crippen molar-refractivity contribution in [3.8, 4) is 0 Å². The second-order valence-corrected chi connectivity index (χ2v) is 2.59. The molecule has 1 rings (SSSR count). The smallest absolute Gasteiger partial charge is 0.113 e. The second-order valence-electron chi connectivity index (χ2n) is 2.59. The van der Waals surface area contributed by atoms with Crippen LogP contribution in [0.15, 0.2) is 0 Å². The van der Waals surface area contributed by atoms with Crippen LogP contribution in [0.5, 0.6) is 0 Å². The van der Waals surface area contributed by atoms with Crippen LogP contribution >= 0.6 is 0 Å². The summed E-state index contributed by atoms with van der Waals surface area (Å²) in [6.45, 7) is 2.46. The van der Waals surface area contributed by atoms with Crippen molar-refractivity contribution in [3.05, 3.63) is 0 Å². The second kappa shape index (κ2) is 3.15. The van der Waals surface area contributed by atoms with Crippen molar-refractivity contribution in [3.63, 3.8) is 0 Å². The summed E-state index contributed by atoms with van der Waals surface area (Å²) in [6.07, 6.45) is 0.347. The quantitative estimate of drug-likeness (QED) is 0.503. The molecule has 1 saturated heterocycles. The highest BCUT2D eigenvalue weighted by molar-refractivity contribution is 4.67. The van der Waals surface area contributed by atoms with E-state index in [2.05, 4.69) is 10.2 Å². The van der Waals surface area contributed by atoms with Gasteiger partial charge in [-0.25, -0.2) is 5.32 Å². The monoisotopic (exact) mass is 129 g/mol. The van der Waals surface area contributed by atoms with E-state index in [4.69, 9.17) is 4.74 Å². The highest BCUT2D eigenvalue weighted by atomic mass is 16.5. The summed E-state index contributed by atoms with van der Waals surface area (Å²) in [5.41, 5.74) is 0. The Morgan fingerprint density at radius 1 is 1.67 bits per heavy atom. The summed E-state index contributed by atoms with van der Waals surface area (Å²) in [5, 5.41) is 4.07. The minimum absolute atomic E-state index is 0.347. The zero-order chi connectivity index (χ0) is 6.69. The van der Waals surface area contributed by atoms with E-state index in [-0.39, 0.29) is 0 Å². The fourth-order valence-corrected chi connectivity index (χ4v) is 0.925. The van der Waals surface area contributed by atoms with Gasteiger partial charge in [-0.05, 0) is 14.1 Å². The van der Waals surface area contributed by atoms with Gasteiger partial charge in [-0.3, -0.25) is 0 Å². The Labute approximate surface area is 56.0 Å². The van der Waals surface area contributed by atoms with Crippen molar-refractivity contribution in [1.82, 2.24) is 10.2 Å². The molecule has 1 radical (unpaired) electrons. The van der Waals surface area contributed by atoms with Gasteiger partial charge in [0.05, 0.1) is 6.10 Å². The summed E-state index contributed by atoms with van der Waals surface area (Å²) in [4.78, 5) is 2.12. The molecule has 3 nitrogen and oxygen atoms in total. The van der Waals surface area contributed by atoms with Crippen LogP contribution in [0.3, 0.4) is 0 Å². The molecule has 0 aromatic heterocycles. The van der Waals surface area contributed by atoms with Gasteiger partial charge < -0.3 is 9.64 Å². The third-order valence-corrected chi connectivity index (χ3v) is 1.30. The van der Waals surface area contributed by atoms with Crippen LogP contribution in [0, 0.1) is 0 Å².